The highest BCUT2D eigenvalue weighted by atomic mass is 16.4. The van der Waals surface area contributed by atoms with Crippen molar-refractivity contribution in [1.29, 1.82) is 0 Å². The van der Waals surface area contributed by atoms with E-state index in [1.807, 2.05) is 13.8 Å². The lowest BCUT2D eigenvalue weighted by Gasteiger charge is -2.16. The molecule has 2 atom stereocenters. The van der Waals surface area contributed by atoms with E-state index in [1.165, 1.54) is 11.1 Å². The number of hydrogen-bond donors (Lipinski definition) is 2. The summed E-state index contributed by atoms with van der Waals surface area (Å²) < 4.78 is 0. The summed E-state index contributed by atoms with van der Waals surface area (Å²) in [4.78, 5) is 10.7. The lowest BCUT2D eigenvalue weighted by atomic mass is 10.1. The van der Waals surface area contributed by atoms with Gasteiger partial charge in [-0.3, -0.25) is 4.79 Å². The van der Waals surface area contributed by atoms with Crippen LogP contribution in [0.1, 0.15) is 31.0 Å². The summed E-state index contributed by atoms with van der Waals surface area (Å²) >= 11 is 0. The molecule has 88 valence electrons. The van der Waals surface area contributed by atoms with Gasteiger partial charge in [0.25, 0.3) is 0 Å². The van der Waals surface area contributed by atoms with Gasteiger partial charge in [0.2, 0.25) is 0 Å². The van der Waals surface area contributed by atoms with E-state index in [2.05, 4.69) is 29.6 Å². The number of hydrogen-bond acceptors (Lipinski definition) is 2. The summed E-state index contributed by atoms with van der Waals surface area (Å²) in [7, 11) is 0. The van der Waals surface area contributed by atoms with E-state index in [0.717, 1.165) is 0 Å². The first kappa shape index (κ1) is 12.7. The van der Waals surface area contributed by atoms with Crippen molar-refractivity contribution in [2.45, 2.75) is 26.8 Å². The Labute approximate surface area is 96.5 Å². The summed E-state index contributed by atoms with van der Waals surface area (Å²) in [5, 5.41) is 12.0. The van der Waals surface area contributed by atoms with Gasteiger partial charge in [-0.1, -0.05) is 36.8 Å². The van der Waals surface area contributed by atoms with Crippen LogP contribution in [0.4, 0.5) is 0 Å². The summed E-state index contributed by atoms with van der Waals surface area (Å²) in [6, 6.07) is 8.45. The Hall–Kier alpha value is -1.35. The fraction of sp³-hybridized carbons (Fsp3) is 0.462. The largest absolute Gasteiger partial charge is 0.481 e. The van der Waals surface area contributed by atoms with E-state index >= 15 is 0 Å². The van der Waals surface area contributed by atoms with Crippen molar-refractivity contribution in [2.24, 2.45) is 5.92 Å². The average molecular weight is 221 g/mol. The molecule has 0 spiro atoms. The number of rotatable bonds is 5. The van der Waals surface area contributed by atoms with E-state index in [1.54, 1.807) is 6.92 Å². The Morgan fingerprint density at radius 1 is 1.31 bits per heavy atom. The molecule has 0 aromatic heterocycles. The van der Waals surface area contributed by atoms with Gasteiger partial charge in [0.15, 0.2) is 0 Å². The first-order valence-corrected chi connectivity index (χ1v) is 5.53. The molecule has 0 fully saturated rings. The van der Waals surface area contributed by atoms with Gasteiger partial charge in [0, 0.05) is 12.6 Å². The number of carboxylic acid groups (broad SMARTS) is 1. The van der Waals surface area contributed by atoms with E-state index in [0.29, 0.717) is 6.54 Å². The Balaban J connectivity index is 2.49. The maximum Gasteiger partial charge on any atom is 0.307 e. The topological polar surface area (TPSA) is 49.3 Å². The SMILES string of the molecule is Cc1ccc([C@H](C)NCC(C)C(=O)O)cc1. The number of aliphatic carboxylic acids is 1. The van der Waals surface area contributed by atoms with Crippen LogP contribution in [0.5, 0.6) is 0 Å². The van der Waals surface area contributed by atoms with Crippen LogP contribution in [-0.4, -0.2) is 17.6 Å². The number of nitrogens with one attached hydrogen (secondary N) is 1. The predicted octanol–water partition coefficient (Wildman–Crippen LogP) is 2.37. The Morgan fingerprint density at radius 3 is 2.38 bits per heavy atom. The predicted molar refractivity (Wildman–Crippen MR) is 64.4 cm³/mol. The molecule has 0 aliphatic rings. The zero-order chi connectivity index (χ0) is 12.1. The van der Waals surface area contributed by atoms with E-state index in [-0.39, 0.29) is 12.0 Å². The van der Waals surface area contributed by atoms with Gasteiger partial charge in [0.05, 0.1) is 5.92 Å². The minimum absolute atomic E-state index is 0.183. The molecule has 0 aliphatic heterocycles. The number of carboxylic acids is 1. The molecule has 16 heavy (non-hydrogen) atoms. The highest BCUT2D eigenvalue weighted by Crippen LogP contribution is 2.13. The summed E-state index contributed by atoms with van der Waals surface area (Å²) in [5.41, 5.74) is 2.41. The molecule has 0 amide bonds. The molecule has 3 nitrogen and oxygen atoms in total. The van der Waals surface area contributed by atoms with Crippen molar-refractivity contribution < 1.29 is 9.90 Å². The molecule has 0 saturated carbocycles. The molecule has 1 unspecified atom stereocenters. The highest BCUT2D eigenvalue weighted by molar-refractivity contribution is 5.69. The lowest BCUT2D eigenvalue weighted by molar-refractivity contribution is -0.140. The smallest absolute Gasteiger partial charge is 0.307 e. The number of carbonyl (C=O) groups is 1. The molecule has 1 aromatic rings. The van der Waals surface area contributed by atoms with E-state index in [9.17, 15) is 4.79 Å². The molecule has 0 heterocycles. The van der Waals surface area contributed by atoms with Gasteiger partial charge >= 0.3 is 5.97 Å². The molecule has 0 saturated heterocycles. The van der Waals surface area contributed by atoms with Crippen molar-refractivity contribution in [1.82, 2.24) is 5.32 Å². The zero-order valence-corrected chi connectivity index (χ0v) is 10.0. The zero-order valence-electron chi connectivity index (χ0n) is 10.0. The molecule has 0 radical (unpaired) electrons. The van der Waals surface area contributed by atoms with Crippen LogP contribution in [0.2, 0.25) is 0 Å². The maximum atomic E-state index is 10.7. The third kappa shape index (κ3) is 3.66. The van der Waals surface area contributed by atoms with Crippen molar-refractivity contribution in [3.05, 3.63) is 35.4 Å². The van der Waals surface area contributed by atoms with Crippen molar-refractivity contribution >= 4 is 5.97 Å². The van der Waals surface area contributed by atoms with Gasteiger partial charge in [0.1, 0.15) is 0 Å². The van der Waals surface area contributed by atoms with Crippen molar-refractivity contribution in [2.75, 3.05) is 6.54 Å². The normalized spacial score (nSPS) is 14.4. The fourth-order valence-corrected chi connectivity index (χ4v) is 1.41. The summed E-state index contributed by atoms with van der Waals surface area (Å²) in [6.45, 7) is 6.29. The van der Waals surface area contributed by atoms with E-state index < -0.39 is 5.97 Å². The van der Waals surface area contributed by atoms with Gasteiger partial charge in [-0.05, 0) is 19.4 Å². The summed E-state index contributed by atoms with van der Waals surface area (Å²) in [6.07, 6.45) is 0. The summed E-state index contributed by atoms with van der Waals surface area (Å²) in [5.74, 6) is -1.11. The maximum absolute atomic E-state index is 10.7. The van der Waals surface area contributed by atoms with Gasteiger partial charge in [-0.25, -0.2) is 0 Å². The van der Waals surface area contributed by atoms with Crippen LogP contribution in [0, 0.1) is 12.8 Å². The van der Waals surface area contributed by atoms with Crippen LogP contribution in [0.3, 0.4) is 0 Å². The van der Waals surface area contributed by atoms with Crippen molar-refractivity contribution in [3.63, 3.8) is 0 Å². The quantitative estimate of drug-likeness (QED) is 0.802. The lowest BCUT2D eigenvalue weighted by Crippen LogP contribution is -2.28. The Kier molecular flexibility index (Phi) is 4.50. The Bertz CT molecular complexity index is 345. The first-order valence-electron chi connectivity index (χ1n) is 5.53. The molecule has 0 bridgehead atoms. The first-order chi connectivity index (χ1) is 7.50. The number of benzene rings is 1. The number of aryl methyl sites for hydroxylation is 1. The molecule has 3 heteroatoms. The Morgan fingerprint density at radius 2 is 1.88 bits per heavy atom. The monoisotopic (exact) mass is 221 g/mol. The van der Waals surface area contributed by atoms with Crippen LogP contribution in [0.25, 0.3) is 0 Å². The van der Waals surface area contributed by atoms with Gasteiger partial charge in [-0.15, -0.1) is 0 Å². The van der Waals surface area contributed by atoms with Gasteiger partial charge in [-0.2, -0.15) is 0 Å². The van der Waals surface area contributed by atoms with Crippen molar-refractivity contribution in [3.8, 4) is 0 Å². The second-order valence-electron chi connectivity index (χ2n) is 4.28. The van der Waals surface area contributed by atoms with Gasteiger partial charge < -0.3 is 10.4 Å². The standard InChI is InChI=1S/C13H19NO2/c1-9-4-6-12(7-5-9)11(3)14-8-10(2)13(15)16/h4-7,10-11,14H,8H2,1-3H3,(H,15,16)/t10?,11-/m0/s1. The highest BCUT2D eigenvalue weighted by Gasteiger charge is 2.12. The molecule has 0 aliphatic carbocycles. The molecular formula is C13H19NO2. The third-order valence-corrected chi connectivity index (χ3v) is 2.73. The van der Waals surface area contributed by atoms with Crippen LogP contribution in [-0.2, 0) is 4.79 Å². The fourth-order valence-electron chi connectivity index (χ4n) is 1.41. The second-order valence-corrected chi connectivity index (χ2v) is 4.28. The minimum atomic E-state index is -0.761. The molecular weight excluding hydrogens is 202 g/mol. The average Bonchev–Trinajstić information content (AvgIpc) is 2.26. The van der Waals surface area contributed by atoms with Crippen LogP contribution >= 0.6 is 0 Å². The van der Waals surface area contributed by atoms with E-state index in [4.69, 9.17) is 5.11 Å². The third-order valence-electron chi connectivity index (χ3n) is 2.73. The molecule has 2 N–H and O–H groups in total. The van der Waals surface area contributed by atoms with Crippen LogP contribution in [0.15, 0.2) is 24.3 Å². The minimum Gasteiger partial charge on any atom is -0.481 e. The molecule has 1 aromatic carbocycles. The van der Waals surface area contributed by atoms with Crippen LogP contribution < -0.4 is 5.32 Å². The second kappa shape index (κ2) is 5.66. The molecule has 1 rings (SSSR count).